The maximum absolute atomic E-state index is 9.26. The molecule has 0 unspecified atom stereocenters. The zero-order valence-corrected chi connectivity index (χ0v) is 14.5. The molecule has 2 aromatic rings. The highest BCUT2D eigenvalue weighted by molar-refractivity contribution is 7.71. The van der Waals surface area contributed by atoms with Crippen LogP contribution in [-0.2, 0) is 0 Å². The van der Waals surface area contributed by atoms with Crippen molar-refractivity contribution in [2.45, 2.75) is 13.3 Å². The van der Waals surface area contributed by atoms with Crippen molar-refractivity contribution in [3.8, 4) is 11.5 Å². The molecule has 7 nitrogen and oxygen atoms in total. The quantitative estimate of drug-likeness (QED) is 0.495. The molecule has 1 aliphatic rings. The summed E-state index contributed by atoms with van der Waals surface area (Å²) in [5, 5.41) is 21.9. The molecule has 1 aromatic heterocycles. The van der Waals surface area contributed by atoms with E-state index in [-0.39, 0.29) is 5.75 Å². The topological polar surface area (TPSA) is 110 Å². The van der Waals surface area contributed by atoms with Crippen LogP contribution in [0.3, 0.4) is 0 Å². The van der Waals surface area contributed by atoms with Gasteiger partial charge in [0.15, 0.2) is 17.3 Å². The van der Waals surface area contributed by atoms with Gasteiger partial charge in [-0.25, -0.2) is 0 Å². The fourth-order valence-corrected chi connectivity index (χ4v) is 2.11. The standard InChI is InChI=1S/C9H11NO2.C8H8N4S/c1-2-12-9-5-7(6-10)3-4-8(9)11;13-8-10-7(11-12-8)6-2-1-4-9-5-3-6/h3-6,10-11H,2H2,1H3;2-5H,1H2,(H2,10,11,12,13). The Kier molecular flexibility index (Phi) is 6.85. The molecule has 0 amide bonds. The lowest BCUT2D eigenvalue weighted by Crippen LogP contribution is -1.92. The number of aromatic hydroxyl groups is 1. The molecule has 3 rings (SSSR count). The van der Waals surface area contributed by atoms with E-state index in [0.29, 0.717) is 17.1 Å². The number of nitrogens with one attached hydrogen (secondary N) is 3. The molecule has 8 heteroatoms. The van der Waals surface area contributed by atoms with Crippen LogP contribution in [0.5, 0.6) is 11.5 Å². The van der Waals surface area contributed by atoms with E-state index < -0.39 is 0 Å². The van der Waals surface area contributed by atoms with E-state index in [4.69, 9.17) is 22.4 Å². The summed E-state index contributed by atoms with van der Waals surface area (Å²) >= 11 is 4.86. The zero-order chi connectivity index (χ0) is 18.1. The van der Waals surface area contributed by atoms with Gasteiger partial charge in [-0.2, -0.15) is 4.98 Å². The van der Waals surface area contributed by atoms with Gasteiger partial charge in [-0.05, 0) is 49.0 Å². The van der Waals surface area contributed by atoms with E-state index in [9.17, 15) is 5.11 Å². The number of hydrogen-bond donors (Lipinski definition) is 4. The Bertz CT molecular complexity index is 864. The van der Waals surface area contributed by atoms with Crippen LogP contribution in [0, 0.1) is 10.2 Å². The summed E-state index contributed by atoms with van der Waals surface area (Å²) in [5.74, 6) is 1.30. The van der Waals surface area contributed by atoms with Crippen LogP contribution in [0.15, 0.2) is 41.5 Å². The predicted octanol–water partition coefficient (Wildman–Crippen LogP) is 3.63. The van der Waals surface area contributed by atoms with E-state index >= 15 is 0 Å². The molecule has 0 fully saturated rings. The summed E-state index contributed by atoms with van der Waals surface area (Å²) in [7, 11) is 0. The van der Waals surface area contributed by atoms with Crippen LogP contribution in [0.4, 0.5) is 0 Å². The van der Waals surface area contributed by atoms with Gasteiger partial charge < -0.3 is 15.3 Å². The maximum Gasteiger partial charge on any atom is 0.213 e. The molecule has 0 radical (unpaired) electrons. The normalized spacial score (nSPS) is 12.6. The predicted molar refractivity (Wildman–Crippen MR) is 101 cm³/mol. The third kappa shape index (κ3) is 5.54. The number of phenols is 1. The molecule has 0 aliphatic carbocycles. The van der Waals surface area contributed by atoms with Crippen molar-refractivity contribution in [2.24, 2.45) is 4.99 Å². The number of rotatable bonds is 4. The van der Waals surface area contributed by atoms with Gasteiger partial charge in [0.05, 0.1) is 6.61 Å². The Morgan fingerprint density at radius 1 is 1.40 bits per heavy atom. The van der Waals surface area contributed by atoms with Crippen LogP contribution in [0.1, 0.15) is 24.7 Å². The number of aromatic amines is 2. The molecular weight excluding hydrogens is 338 g/mol. The van der Waals surface area contributed by atoms with Crippen molar-refractivity contribution in [3.05, 3.63) is 52.7 Å². The lowest BCUT2D eigenvalue weighted by molar-refractivity contribution is 0.318. The summed E-state index contributed by atoms with van der Waals surface area (Å²) in [6.45, 7) is 2.35. The molecule has 0 bridgehead atoms. The number of H-pyrrole nitrogens is 2. The Hall–Kier alpha value is -3.00. The van der Waals surface area contributed by atoms with Crippen molar-refractivity contribution in [1.29, 1.82) is 5.41 Å². The minimum absolute atomic E-state index is 0.113. The summed E-state index contributed by atoms with van der Waals surface area (Å²) < 4.78 is 5.59. The van der Waals surface area contributed by atoms with E-state index in [0.717, 1.165) is 23.4 Å². The SMILES string of the molecule is CCOc1cc(C=N)ccc1O.S=c1nc(C2=CCC=NC=C2)[nH][nH]1. The number of aliphatic imine (C=N–C) groups is 1. The number of nitrogens with zero attached hydrogens (tertiary/aromatic N) is 2. The summed E-state index contributed by atoms with van der Waals surface area (Å²) in [6.07, 6.45) is 9.53. The Labute approximate surface area is 150 Å². The van der Waals surface area contributed by atoms with E-state index in [1.165, 1.54) is 12.3 Å². The molecule has 2 heterocycles. The van der Waals surface area contributed by atoms with Crippen LogP contribution >= 0.6 is 12.2 Å². The second-order valence-electron chi connectivity index (χ2n) is 4.86. The first kappa shape index (κ1) is 18.3. The molecular formula is C17H19N5O2S. The number of phenolic OH excluding ortho intramolecular Hbond substituents is 1. The van der Waals surface area contributed by atoms with Crippen LogP contribution in [-0.4, -0.2) is 39.3 Å². The average molecular weight is 357 g/mol. The number of hydrogen-bond acceptors (Lipinski definition) is 6. The van der Waals surface area contributed by atoms with E-state index in [1.54, 1.807) is 18.3 Å². The highest BCUT2D eigenvalue weighted by Crippen LogP contribution is 2.25. The zero-order valence-electron chi connectivity index (χ0n) is 13.7. The number of allylic oxidation sites excluding steroid dienone is 3. The number of benzene rings is 1. The lowest BCUT2D eigenvalue weighted by Gasteiger charge is -2.05. The van der Waals surface area contributed by atoms with E-state index in [2.05, 4.69) is 20.2 Å². The van der Waals surface area contributed by atoms with Gasteiger partial charge in [0.25, 0.3) is 0 Å². The second kappa shape index (κ2) is 9.33. The first-order valence-corrected chi connectivity index (χ1v) is 8.04. The third-order valence-electron chi connectivity index (χ3n) is 3.11. The highest BCUT2D eigenvalue weighted by Gasteiger charge is 2.02. The van der Waals surface area contributed by atoms with Crippen LogP contribution in [0.2, 0.25) is 0 Å². The fourth-order valence-electron chi connectivity index (χ4n) is 1.97. The van der Waals surface area contributed by atoms with Crippen molar-refractivity contribution in [2.75, 3.05) is 6.61 Å². The Morgan fingerprint density at radius 3 is 2.92 bits per heavy atom. The monoisotopic (exact) mass is 357 g/mol. The average Bonchev–Trinajstić information content (AvgIpc) is 2.88. The molecule has 1 aliphatic heterocycles. The molecule has 1 aromatic carbocycles. The summed E-state index contributed by atoms with van der Waals surface area (Å²) in [4.78, 5) is 8.12. The molecule has 130 valence electrons. The van der Waals surface area contributed by atoms with Crippen molar-refractivity contribution in [1.82, 2.24) is 15.2 Å². The molecule has 0 saturated carbocycles. The highest BCUT2D eigenvalue weighted by atomic mass is 32.1. The van der Waals surface area contributed by atoms with Crippen molar-refractivity contribution >= 4 is 30.2 Å². The van der Waals surface area contributed by atoms with Crippen LogP contribution < -0.4 is 4.74 Å². The first-order valence-electron chi connectivity index (χ1n) is 7.63. The van der Waals surface area contributed by atoms with Gasteiger partial charge in [-0.15, -0.1) is 0 Å². The van der Waals surface area contributed by atoms with Crippen molar-refractivity contribution < 1.29 is 9.84 Å². The van der Waals surface area contributed by atoms with Crippen LogP contribution in [0.25, 0.3) is 5.57 Å². The summed E-state index contributed by atoms with van der Waals surface area (Å²) in [6, 6.07) is 4.81. The number of aromatic nitrogens is 3. The van der Waals surface area contributed by atoms with Gasteiger partial charge >= 0.3 is 0 Å². The number of ether oxygens (including phenoxy) is 1. The lowest BCUT2D eigenvalue weighted by atomic mass is 10.2. The molecule has 25 heavy (non-hydrogen) atoms. The minimum Gasteiger partial charge on any atom is -0.504 e. The maximum atomic E-state index is 9.26. The second-order valence-corrected chi connectivity index (χ2v) is 5.25. The van der Waals surface area contributed by atoms with Gasteiger partial charge in [0.2, 0.25) is 4.77 Å². The van der Waals surface area contributed by atoms with Gasteiger partial charge in [0, 0.05) is 30.6 Å². The Morgan fingerprint density at radius 2 is 2.24 bits per heavy atom. The van der Waals surface area contributed by atoms with E-state index in [1.807, 2.05) is 25.3 Å². The Balaban J connectivity index is 0.000000181. The molecule has 0 atom stereocenters. The fraction of sp³-hybridized carbons (Fsp3) is 0.176. The minimum atomic E-state index is 0.113. The first-order chi connectivity index (χ1) is 12.1. The smallest absolute Gasteiger partial charge is 0.213 e. The molecule has 0 saturated heterocycles. The van der Waals surface area contributed by atoms with Gasteiger partial charge in [0.1, 0.15) is 0 Å². The molecule has 4 N–H and O–H groups in total. The third-order valence-corrected chi connectivity index (χ3v) is 3.31. The molecule has 0 spiro atoms. The summed E-state index contributed by atoms with van der Waals surface area (Å²) in [5.41, 5.74) is 1.72. The van der Waals surface area contributed by atoms with Gasteiger partial charge in [-0.1, -0.05) is 6.08 Å². The largest absolute Gasteiger partial charge is 0.504 e. The van der Waals surface area contributed by atoms with Crippen molar-refractivity contribution in [3.63, 3.8) is 0 Å². The van der Waals surface area contributed by atoms with Gasteiger partial charge in [-0.3, -0.25) is 15.2 Å².